The van der Waals surface area contributed by atoms with E-state index in [1.165, 1.54) is 12.4 Å². The van der Waals surface area contributed by atoms with Crippen LogP contribution in [0, 0.1) is 28.1 Å². The number of nitrogens with zero attached hydrogens (tertiary/aromatic N) is 8. The Hall–Kier alpha value is -5.17. The van der Waals surface area contributed by atoms with E-state index in [0.29, 0.717) is 45.5 Å². The number of halogens is 3. The van der Waals surface area contributed by atoms with Crippen molar-refractivity contribution in [3.63, 3.8) is 0 Å². The van der Waals surface area contributed by atoms with Gasteiger partial charge in [-0.2, -0.15) is 28.8 Å². The van der Waals surface area contributed by atoms with Crippen LogP contribution in [0.4, 0.5) is 24.5 Å². The van der Waals surface area contributed by atoms with Gasteiger partial charge in [0.2, 0.25) is 0 Å². The number of nitriles is 2. The number of fused-ring (bicyclic) bond motifs is 2. The molecular weight excluding hydrogens is 569 g/mol. The van der Waals surface area contributed by atoms with E-state index < -0.39 is 17.8 Å². The Morgan fingerprint density at radius 3 is 2.45 bits per heavy atom. The molecule has 3 aromatic heterocycles. The molecule has 1 fully saturated rings. The number of hydrogen-bond donors (Lipinski definition) is 2. The van der Waals surface area contributed by atoms with E-state index in [0.717, 1.165) is 10.1 Å². The smallest absolute Gasteiger partial charge is 0.383 e. The van der Waals surface area contributed by atoms with E-state index in [9.17, 15) is 23.7 Å². The van der Waals surface area contributed by atoms with E-state index in [-0.39, 0.29) is 29.5 Å². The molecule has 2 aromatic carbocycles. The van der Waals surface area contributed by atoms with Gasteiger partial charge in [0.25, 0.3) is 0 Å². The monoisotopic (exact) mass is 598 g/mol. The standard InChI is InChI=1S/C31H29F3N10/c1-29(2,3)17-38-26-20(13-36)14-37-25-19(12-35)10-21(11-23(25)26)39-28(22-7-5-6-18-15-43(4)41-27(18)22)24-16-44(42-40-24)30(8-9-30)31(32,33)34/h5-7,10-11,14-16,28,39H,8-9,17H2,1-4H3,(H,37,38)/t28-/m0/s1. The third kappa shape index (κ3) is 5.04. The molecule has 0 aliphatic heterocycles. The molecule has 0 spiro atoms. The Bertz CT molecular complexity index is 1980. The second-order valence-corrected chi connectivity index (χ2v) is 12.4. The van der Waals surface area contributed by atoms with Crippen molar-refractivity contribution in [2.24, 2.45) is 12.5 Å². The number of aromatic nitrogens is 6. The molecule has 0 radical (unpaired) electrons. The summed E-state index contributed by atoms with van der Waals surface area (Å²) in [7, 11) is 1.79. The molecule has 10 nitrogen and oxygen atoms in total. The van der Waals surface area contributed by atoms with Crippen LogP contribution in [-0.4, -0.2) is 42.5 Å². The minimum Gasteiger partial charge on any atom is -0.383 e. The van der Waals surface area contributed by atoms with E-state index in [1.54, 1.807) is 23.9 Å². The summed E-state index contributed by atoms with van der Waals surface area (Å²) in [5, 5.41) is 40.9. The van der Waals surface area contributed by atoms with Crippen LogP contribution in [0.25, 0.3) is 21.8 Å². The number of alkyl halides is 3. The fourth-order valence-corrected chi connectivity index (χ4v) is 5.38. The fourth-order valence-electron chi connectivity index (χ4n) is 5.38. The first-order valence-corrected chi connectivity index (χ1v) is 14.0. The van der Waals surface area contributed by atoms with Crippen molar-refractivity contribution < 1.29 is 13.2 Å². The number of aryl methyl sites for hydroxylation is 1. The molecule has 6 rings (SSSR count). The summed E-state index contributed by atoms with van der Waals surface area (Å²) >= 11 is 0. The predicted molar refractivity (Wildman–Crippen MR) is 159 cm³/mol. The second kappa shape index (κ2) is 10.2. The molecule has 0 saturated heterocycles. The first-order chi connectivity index (χ1) is 20.8. The van der Waals surface area contributed by atoms with Crippen LogP contribution < -0.4 is 10.6 Å². The zero-order chi connectivity index (χ0) is 31.4. The molecule has 13 heteroatoms. The maximum atomic E-state index is 14.0. The molecule has 44 heavy (non-hydrogen) atoms. The van der Waals surface area contributed by atoms with Crippen LogP contribution in [0.3, 0.4) is 0 Å². The van der Waals surface area contributed by atoms with Crippen LogP contribution in [-0.2, 0) is 12.6 Å². The van der Waals surface area contributed by atoms with Crippen molar-refractivity contribution in [1.82, 2.24) is 29.8 Å². The first kappa shape index (κ1) is 28.9. The number of rotatable bonds is 7. The Kier molecular flexibility index (Phi) is 6.72. The maximum absolute atomic E-state index is 14.0. The largest absolute Gasteiger partial charge is 0.413 e. The lowest BCUT2D eigenvalue weighted by Crippen LogP contribution is -2.35. The van der Waals surface area contributed by atoms with Gasteiger partial charge in [-0.3, -0.25) is 9.67 Å². The summed E-state index contributed by atoms with van der Waals surface area (Å²) in [5.74, 6) is 0. The molecule has 2 N–H and O–H groups in total. The molecule has 1 aliphatic rings. The third-order valence-corrected chi connectivity index (χ3v) is 7.81. The molecule has 0 unspecified atom stereocenters. The van der Waals surface area contributed by atoms with Gasteiger partial charge in [0.05, 0.1) is 40.1 Å². The number of pyridine rings is 1. The molecule has 1 saturated carbocycles. The van der Waals surface area contributed by atoms with Gasteiger partial charge >= 0.3 is 6.18 Å². The van der Waals surface area contributed by atoms with Crippen molar-refractivity contribution in [3.05, 3.63) is 71.3 Å². The average molecular weight is 599 g/mol. The molecule has 0 amide bonds. The van der Waals surface area contributed by atoms with Crippen molar-refractivity contribution >= 4 is 33.2 Å². The lowest BCUT2D eigenvalue weighted by atomic mass is 9.96. The van der Waals surface area contributed by atoms with Gasteiger partial charge in [0, 0.05) is 48.0 Å². The first-order valence-electron chi connectivity index (χ1n) is 14.0. The molecule has 1 atom stereocenters. The Labute approximate surface area is 251 Å². The highest BCUT2D eigenvalue weighted by Crippen LogP contribution is 2.55. The summed E-state index contributed by atoms with van der Waals surface area (Å²) < 4.78 is 44.4. The summed E-state index contributed by atoms with van der Waals surface area (Å²) in [4.78, 5) is 4.41. The second-order valence-electron chi connectivity index (χ2n) is 12.4. The molecule has 3 heterocycles. The lowest BCUT2D eigenvalue weighted by molar-refractivity contribution is -0.182. The van der Waals surface area contributed by atoms with E-state index >= 15 is 0 Å². The van der Waals surface area contributed by atoms with Crippen molar-refractivity contribution in [3.8, 4) is 12.1 Å². The molecule has 1 aliphatic carbocycles. The highest BCUT2D eigenvalue weighted by atomic mass is 19.4. The Morgan fingerprint density at radius 1 is 1.05 bits per heavy atom. The van der Waals surface area contributed by atoms with Crippen LogP contribution in [0.2, 0.25) is 0 Å². The van der Waals surface area contributed by atoms with Gasteiger partial charge < -0.3 is 10.6 Å². The van der Waals surface area contributed by atoms with Crippen LogP contribution in [0.5, 0.6) is 0 Å². The molecule has 224 valence electrons. The number of nitrogens with one attached hydrogen (secondary N) is 2. The van der Waals surface area contributed by atoms with Crippen LogP contribution >= 0.6 is 0 Å². The maximum Gasteiger partial charge on any atom is 0.413 e. The topological polar surface area (TPSA) is 133 Å². The van der Waals surface area contributed by atoms with Gasteiger partial charge in [-0.25, -0.2) is 4.68 Å². The molecule has 0 bridgehead atoms. The Balaban J connectivity index is 1.51. The normalized spacial score (nSPS) is 15.1. The van der Waals surface area contributed by atoms with Crippen molar-refractivity contribution in [2.75, 3.05) is 17.2 Å². The summed E-state index contributed by atoms with van der Waals surface area (Å²) in [5.41, 5.74) is 1.42. The number of hydrogen-bond acceptors (Lipinski definition) is 8. The van der Waals surface area contributed by atoms with Gasteiger partial charge in [-0.1, -0.05) is 44.2 Å². The molecular formula is C31H29F3N10. The lowest BCUT2D eigenvalue weighted by Gasteiger charge is -2.22. The minimum atomic E-state index is -4.47. The van der Waals surface area contributed by atoms with Crippen LogP contribution in [0.1, 0.15) is 62.0 Å². The quantitative estimate of drug-likeness (QED) is 0.227. The molecule has 5 aromatic rings. The van der Waals surface area contributed by atoms with Gasteiger partial charge in [-0.15, -0.1) is 5.10 Å². The highest BCUT2D eigenvalue weighted by molar-refractivity contribution is 5.99. The van der Waals surface area contributed by atoms with E-state index in [4.69, 9.17) is 0 Å². The van der Waals surface area contributed by atoms with Crippen molar-refractivity contribution in [2.45, 2.75) is 51.4 Å². The predicted octanol–water partition coefficient (Wildman–Crippen LogP) is 6.17. The van der Waals surface area contributed by atoms with Gasteiger partial charge in [-0.05, 0) is 30.4 Å². The third-order valence-electron chi connectivity index (χ3n) is 7.81. The summed E-state index contributed by atoms with van der Waals surface area (Å²) in [6.07, 6.45) is 0.0197. The zero-order valence-corrected chi connectivity index (χ0v) is 24.5. The SMILES string of the molecule is Cn1cc2cccc([C@H](Nc3cc(C#N)c4ncc(C#N)c(NCC(C)(C)C)c4c3)c3cn(C4(C(F)(F)F)CC4)nn3)c2n1. The number of anilines is 2. The van der Waals surface area contributed by atoms with Crippen LogP contribution in [0.15, 0.2) is 48.9 Å². The zero-order valence-electron chi connectivity index (χ0n) is 24.5. The van der Waals surface area contributed by atoms with Gasteiger partial charge in [0.1, 0.15) is 17.8 Å². The summed E-state index contributed by atoms with van der Waals surface area (Å²) in [6, 6.07) is 12.6. The average Bonchev–Trinajstić information content (AvgIpc) is 3.49. The van der Waals surface area contributed by atoms with Gasteiger partial charge in [0.15, 0.2) is 5.54 Å². The minimum absolute atomic E-state index is 0.0675. The number of benzene rings is 2. The van der Waals surface area contributed by atoms with E-state index in [1.807, 2.05) is 24.4 Å². The van der Waals surface area contributed by atoms with E-state index in [2.05, 4.69) is 63.9 Å². The fraction of sp³-hybridized carbons (Fsp3) is 0.355. The van der Waals surface area contributed by atoms with Crippen molar-refractivity contribution in [1.29, 1.82) is 10.5 Å². The highest BCUT2D eigenvalue weighted by Gasteiger charge is 2.66. The summed E-state index contributed by atoms with van der Waals surface area (Å²) in [6.45, 7) is 6.73. The Morgan fingerprint density at radius 2 is 1.80 bits per heavy atom.